The molecule has 0 fully saturated rings. The lowest BCUT2D eigenvalue weighted by molar-refractivity contribution is -0.142. The molecule has 0 atom stereocenters. The van der Waals surface area contributed by atoms with Crippen LogP contribution >= 0.6 is 11.3 Å². The first-order chi connectivity index (χ1) is 7.26. The van der Waals surface area contributed by atoms with Gasteiger partial charge >= 0.3 is 5.97 Å². The highest BCUT2D eigenvalue weighted by molar-refractivity contribution is 7.10. The van der Waals surface area contributed by atoms with E-state index in [-0.39, 0.29) is 12.4 Å². The Labute approximate surface area is 91.6 Å². The molecule has 0 aliphatic rings. The number of aldehydes is 1. The van der Waals surface area contributed by atoms with E-state index < -0.39 is 0 Å². The van der Waals surface area contributed by atoms with Crippen molar-refractivity contribution in [1.29, 1.82) is 0 Å². The molecule has 0 saturated carbocycles. The van der Waals surface area contributed by atoms with Gasteiger partial charge in [0.15, 0.2) is 6.29 Å². The van der Waals surface area contributed by atoms with E-state index in [0.29, 0.717) is 23.6 Å². The number of rotatable bonds is 5. The second-order valence-electron chi connectivity index (χ2n) is 2.64. The fraction of sp³-hybridized carbons (Fsp3) is 0.300. The third-order valence-corrected chi connectivity index (χ3v) is 2.34. The number of carbonyl (C=O) groups excluding carboxylic acids is 2. The van der Waals surface area contributed by atoms with Gasteiger partial charge in [0.2, 0.25) is 0 Å². The first kappa shape index (κ1) is 11.6. The van der Waals surface area contributed by atoms with Crippen molar-refractivity contribution in [2.75, 3.05) is 6.61 Å². The van der Waals surface area contributed by atoms with Crippen LogP contribution in [0.5, 0.6) is 0 Å². The van der Waals surface area contributed by atoms with Crippen molar-refractivity contribution >= 4 is 29.7 Å². The molecule has 1 aromatic rings. The van der Waals surface area contributed by atoms with E-state index >= 15 is 0 Å². The molecule has 1 aromatic heterocycles. The van der Waals surface area contributed by atoms with Gasteiger partial charge in [0.1, 0.15) is 10.7 Å². The van der Waals surface area contributed by atoms with Crippen LogP contribution in [0.3, 0.4) is 0 Å². The van der Waals surface area contributed by atoms with Gasteiger partial charge in [-0.25, -0.2) is 4.98 Å². The Morgan fingerprint density at radius 2 is 2.47 bits per heavy atom. The number of aromatic nitrogens is 1. The maximum absolute atomic E-state index is 10.9. The lowest BCUT2D eigenvalue weighted by Crippen LogP contribution is -2.01. The fourth-order valence-electron chi connectivity index (χ4n) is 0.907. The van der Waals surface area contributed by atoms with Crippen LogP contribution in [0.1, 0.15) is 28.8 Å². The molecule has 15 heavy (non-hydrogen) atoms. The van der Waals surface area contributed by atoms with Crippen molar-refractivity contribution in [2.45, 2.75) is 13.3 Å². The molecule has 0 saturated heterocycles. The average molecular weight is 225 g/mol. The molecule has 0 bridgehead atoms. The normalized spacial score (nSPS) is 10.5. The largest absolute Gasteiger partial charge is 0.466 e. The van der Waals surface area contributed by atoms with Crippen LogP contribution in [-0.2, 0) is 9.53 Å². The van der Waals surface area contributed by atoms with Crippen LogP contribution in [0.15, 0.2) is 11.5 Å². The molecule has 0 N–H and O–H groups in total. The first-order valence-corrected chi connectivity index (χ1v) is 5.37. The van der Waals surface area contributed by atoms with Crippen LogP contribution in [0.2, 0.25) is 0 Å². The van der Waals surface area contributed by atoms with Gasteiger partial charge in [0.05, 0.1) is 13.0 Å². The van der Waals surface area contributed by atoms with E-state index in [0.717, 1.165) is 0 Å². The molecule has 0 unspecified atom stereocenters. The van der Waals surface area contributed by atoms with Gasteiger partial charge in [0.25, 0.3) is 0 Å². The second kappa shape index (κ2) is 6.08. The molecule has 0 spiro atoms. The van der Waals surface area contributed by atoms with Crippen LogP contribution in [0.25, 0.3) is 6.08 Å². The maximum atomic E-state index is 10.9. The summed E-state index contributed by atoms with van der Waals surface area (Å²) in [5, 5.41) is 2.37. The molecule has 80 valence electrons. The lowest BCUT2D eigenvalue weighted by Gasteiger charge is -1.95. The molecule has 1 heterocycles. The minimum atomic E-state index is -0.263. The number of nitrogens with zero attached hydrogens (tertiary/aromatic N) is 1. The van der Waals surface area contributed by atoms with Crippen molar-refractivity contribution in [3.63, 3.8) is 0 Å². The third-order valence-electron chi connectivity index (χ3n) is 1.51. The monoisotopic (exact) mass is 225 g/mol. The quantitative estimate of drug-likeness (QED) is 0.567. The van der Waals surface area contributed by atoms with Gasteiger partial charge in [-0.2, -0.15) is 0 Å². The number of hydrogen-bond acceptors (Lipinski definition) is 5. The zero-order valence-electron chi connectivity index (χ0n) is 8.30. The Bertz CT molecular complexity index is 370. The van der Waals surface area contributed by atoms with Crippen molar-refractivity contribution in [1.82, 2.24) is 4.98 Å². The second-order valence-corrected chi connectivity index (χ2v) is 3.53. The van der Waals surface area contributed by atoms with E-state index in [2.05, 4.69) is 4.98 Å². The van der Waals surface area contributed by atoms with Crippen LogP contribution in [0, 0.1) is 0 Å². The molecule has 0 aliphatic heterocycles. The van der Waals surface area contributed by atoms with Gasteiger partial charge < -0.3 is 4.74 Å². The lowest BCUT2D eigenvalue weighted by atomic mass is 10.4. The summed E-state index contributed by atoms with van der Waals surface area (Å²) in [5.41, 5.74) is 0.413. The Kier molecular flexibility index (Phi) is 4.70. The van der Waals surface area contributed by atoms with E-state index in [4.69, 9.17) is 4.74 Å². The number of carbonyl (C=O) groups is 2. The molecule has 0 aromatic carbocycles. The zero-order chi connectivity index (χ0) is 11.1. The van der Waals surface area contributed by atoms with Crippen molar-refractivity contribution in [2.24, 2.45) is 0 Å². The summed E-state index contributed by atoms with van der Waals surface area (Å²) < 4.78 is 4.74. The zero-order valence-corrected chi connectivity index (χ0v) is 9.12. The van der Waals surface area contributed by atoms with Crippen LogP contribution in [0.4, 0.5) is 0 Å². The Balaban J connectivity index is 2.44. The Hall–Kier alpha value is -1.49. The van der Waals surface area contributed by atoms with Gasteiger partial charge in [-0.3, -0.25) is 9.59 Å². The summed E-state index contributed by atoms with van der Waals surface area (Å²) in [4.78, 5) is 25.3. The van der Waals surface area contributed by atoms with E-state index in [1.54, 1.807) is 24.5 Å². The number of esters is 1. The number of ether oxygens (including phenoxy) is 1. The predicted molar refractivity (Wildman–Crippen MR) is 57.8 cm³/mol. The van der Waals surface area contributed by atoms with E-state index in [9.17, 15) is 9.59 Å². The summed E-state index contributed by atoms with van der Waals surface area (Å²) >= 11 is 1.36. The number of hydrogen-bond donors (Lipinski definition) is 0. The topological polar surface area (TPSA) is 56.3 Å². The molecule has 0 amide bonds. The van der Waals surface area contributed by atoms with Crippen molar-refractivity contribution in [3.05, 3.63) is 22.2 Å². The summed E-state index contributed by atoms with van der Waals surface area (Å²) in [6.45, 7) is 2.15. The number of thiazole rings is 1. The van der Waals surface area contributed by atoms with Crippen LogP contribution < -0.4 is 0 Å². The SMILES string of the molecule is CCOC(=O)CC=Cc1nc(C=O)cs1. The van der Waals surface area contributed by atoms with Gasteiger partial charge in [-0.1, -0.05) is 6.08 Å². The van der Waals surface area contributed by atoms with Crippen LogP contribution in [-0.4, -0.2) is 23.8 Å². The van der Waals surface area contributed by atoms with Gasteiger partial charge in [0, 0.05) is 5.38 Å². The molecular formula is C10H11NO3S. The molecule has 4 nitrogen and oxygen atoms in total. The maximum Gasteiger partial charge on any atom is 0.309 e. The van der Waals surface area contributed by atoms with Gasteiger partial charge in [-0.15, -0.1) is 11.3 Å². The van der Waals surface area contributed by atoms with Crippen molar-refractivity contribution < 1.29 is 14.3 Å². The molecule has 0 aliphatic carbocycles. The first-order valence-electron chi connectivity index (χ1n) is 4.49. The van der Waals surface area contributed by atoms with Gasteiger partial charge in [-0.05, 0) is 13.0 Å². The molecule has 0 radical (unpaired) electrons. The summed E-state index contributed by atoms with van der Waals surface area (Å²) in [6.07, 6.45) is 4.29. The average Bonchev–Trinajstić information content (AvgIpc) is 2.66. The minimum absolute atomic E-state index is 0.226. The molecule has 5 heteroatoms. The van der Waals surface area contributed by atoms with Crippen molar-refractivity contribution in [3.8, 4) is 0 Å². The smallest absolute Gasteiger partial charge is 0.309 e. The van der Waals surface area contributed by atoms with E-state index in [1.807, 2.05) is 0 Å². The molecular weight excluding hydrogens is 214 g/mol. The summed E-state index contributed by atoms with van der Waals surface area (Å²) in [6, 6.07) is 0. The molecule has 1 rings (SSSR count). The summed E-state index contributed by atoms with van der Waals surface area (Å²) in [7, 11) is 0. The Morgan fingerprint density at radius 3 is 3.07 bits per heavy atom. The highest BCUT2D eigenvalue weighted by Crippen LogP contribution is 2.10. The third kappa shape index (κ3) is 4.03. The minimum Gasteiger partial charge on any atom is -0.466 e. The standard InChI is InChI=1S/C10H11NO3S/c1-2-14-10(13)5-3-4-9-11-8(6-12)7-15-9/h3-4,6-7H,2,5H2,1H3. The summed E-state index contributed by atoms with van der Waals surface area (Å²) in [5.74, 6) is -0.263. The van der Waals surface area contributed by atoms with E-state index in [1.165, 1.54) is 11.3 Å². The highest BCUT2D eigenvalue weighted by atomic mass is 32.1. The highest BCUT2D eigenvalue weighted by Gasteiger charge is 1.98. The predicted octanol–water partition coefficient (Wildman–Crippen LogP) is 1.92. The fourth-order valence-corrected chi connectivity index (χ4v) is 1.59. The Morgan fingerprint density at radius 1 is 1.67 bits per heavy atom.